The maximum absolute atomic E-state index is 2.36. The lowest BCUT2D eigenvalue weighted by Crippen LogP contribution is -2.16. The highest BCUT2D eigenvalue weighted by Crippen LogP contribution is 2.34. The van der Waals surface area contributed by atoms with Gasteiger partial charge in [-0.2, -0.15) is 11.8 Å². The van der Waals surface area contributed by atoms with Crippen molar-refractivity contribution < 1.29 is 0 Å². The van der Waals surface area contributed by atoms with Crippen molar-refractivity contribution in [2.24, 2.45) is 0 Å². The van der Waals surface area contributed by atoms with Gasteiger partial charge in [-0.15, -0.1) is 0 Å². The summed E-state index contributed by atoms with van der Waals surface area (Å²) in [5.41, 5.74) is 0. The van der Waals surface area contributed by atoms with Gasteiger partial charge in [0.25, 0.3) is 0 Å². The quantitative estimate of drug-likeness (QED) is 0.560. The van der Waals surface area contributed by atoms with Crippen LogP contribution in [-0.2, 0) is 0 Å². The molecule has 0 bridgehead atoms. The number of hydrogen-bond acceptors (Lipinski definition) is 1. The zero-order chi connectivity index (χ0) is 11.9. The van der Waals surface area contributed by atoms with Crippen molar-refractivity contribution in [3.8, 4) is 0 Å². The topological polar surface area (TPSA) is 0 Å². The van der Waals surface area contributed by atoms with Crippen LogP contribution in [0.5, 0.6) is 0 Å². The average molecular weight is 242 g/mol. The monoisotopic (exact) mass is 242 g/mol. The zero-order valence-electron chi connectivity index (χ0n) is 11.6. The molecule has 0 unspecified atom stereocenters. The van der Waals surface area contributed by atoms with Gasteiger partial charge in [-0.1, -0.05) is 72.1 Å². The van der Waals surface area contributed by atoms with Crippen LogP contribution in [0, 0.1) is 0 Å². The Morgan fingerprint density at radius 3 is 1.44 bits per heavy atom. The van der Waals surface area contributed by atoms with E-state index in [-0.39, 0.29) is 0 Å². The van der Waals surface area contributed by atoms with E-state index in [1.807, 2.05) is 0 Å². The molecule has 1 aliphatic rings. The molecule has 0 radical (unpaired) electrons. The van der Waals surface area contributed by atoms with E-state index in [2.05, 4.69) is 32.5 Å². The van der Waals surface area contributed by atoms with Crippen LogP contribution in [0.15, 0.2) is 0 Å². The molecule has 1 heteroatoms. The molecular formula is C15H30S. The molecule has 0 atom stereocenters. The average Bonchev–Trinajstić information content (AvgIpc) is 2.22. The molecule has 1 aliphatic carbocycles. The summed E-state index contributed by atoms with van der Waals surface area (Å²) in [6, 6.07) is 0. The molecule has 0 saturated heterocycles. The maximum Gasteiger partial charge on any atom is 0.00778 e. The molecule has 0 amide bonds. The molecule has 96 valence electrons. The van der Waals surface area contributed by atoms with Crippen LogP contribution >= 0.6 is 11.8 Å². The molecule has 0 aliphatic heterocycles. The summed E-state index contributed by atoms with van der Waals surface area (Å²) in [4.78, 5) is 0. The molecule has 0 heterocycles. The fourth-order valence-corrected chi connectivity index (χ4v) is 4.14. The predicted molar refractivity (Wildman–Crippen MR) is 77.3 cm³/mol. The third-order valence-electron chi connectivity index (χ3n) is 3.32. The Morgan fingerprint density at radius 1 is 0.688 bits per heavy atom. The van der Waals surface area contributed by atoms with Crippen molar-refractivity contribution in [2.45, 2.75) is 95.0 Å². The van der Waals surface area contributed by atoms with E-state index in [0.29, 0.717) is 4.75 Å². The minimum Gasteiger partial charge on any atom is -0.153 e. The number of hydrogen-bond donors (Lipinski definition) is 0. The Balaban J connectivity index is 2.33. The van der Waals surface area contributed by atoms with Gasteiger partial charge in [0.15, 0.2) is 0 Å². The highest BCUT2D eigenvalue weighted by Gasteiger charge is 2.18. The van der Waals surface area contributed by atoms with Crippen LogP contribution in [0.25, 0.3) is 0 Å². The van der Waals surface area contributed by atoms with E-state index in [0.717, 1.165) is 5.25 Å². The zero-order valence-corrected chi connectivity index (χ0v) is 12.4. The summed E-state index contributed by atoms with van der Waals surface area (Å²) < 4.78 is 0.449. The summed E-state index contributed by atoms with van der Waals surface area (Å²) in [5.74, 6) is 0. The molecule has 1 fully saturated rings. The van der Waals surface area contributed by atoms with Crippen LogP contribution in [0.2, 0.25) is 0 Å². The first-order valence-electron chi connectivity index (χ1n) is 7.26. The largest absolute Gasteiger partial charge is 0.153 e. The SMILES string of the molecule is CC(C)(C)SC1CCCCCCCCCC1. The number of thioether (sulfide) groups is 1. The van der Waals surface area contributed by atoms with Gasteiger partial charge in [0.1, 0.15) is 0 Å². The fourth-order valence-electron chi connectivity index (χ4n) is 2.57. The lowest BCUT2D eigenvalue weighted by Gasteiger charge is -2.25. The molecule has 0 spiro atoms. The van der Waals surface area contributed by atoms with E-state index in [9.17, 15) is 0 Å². The van der Waals surface area contributed by atoms with Gasteiger partial charge in [-0.3, -0.25) is 0 Å². The Bertz CT molecular complexity index is 157. The summed E-state index contributed by atoms with van der Waals surface area (Å²) in [6.07, 6.45) is 14.7. The van der Waals surface area contributed by atoms with Gasteiger partial charge in [0.2, 0.25) is 0 Å². The van der Waals surface area contributed by atoms with Crippen LogP contribution in [0.1, 0.15) is 85.0 Å². The summed E-state index contributed by atoms with van der Waals surface area (Å²) in [7, 11) is 0. The predicted octanol–water partition coefficient (Wildman–Crippen LogP) is 5.80. The highest BCUT2D eigenvalue weighted by atomic mass is 32.2. The molecule has 0 aromatic heterocycles. The van der Waals surface area contributed by atoms with Crippen molar-refractivity contribution in [2.75, 3.05) is 0 Å². The lowest BCUT2D eigenvalue weighted by molar-refractivity contribution is 0.585. The Kier molecular flexibility index (Phi) is 6.87. The van der Waals surface area contributed by atoms with Crippen LogP contribution < -0.4 is 0 Å². The second kappa shape index (κ2) is 7.63. The molecule has 16 heavy (non-hydrogen) atoms. The van der Waals surface area contributed by atoms with E-state index in [4.69, 9.17) is 0 Å². The molecule has 0 nitrogen and oxygen atoms in total. The molecule has 0 N–H and O–H groups in total. The van der Waals surface area contributed by atoms with Crippen molar-refractivity contribution in [1.29, 1.82) is 0 Å². The van der Waals surface area contributed by atoms with Crippen LogP contribution in [0.3, 0.4) is 0 Å². The van der Waals surface area contributed by atoms with Crippen LogP contribution in [-0.4, -0.2) is 10.00 Å². The maximum atomic E-state index is 2.36. The third kappa shape index (κ3) is 7.60. The van der Waals surface area contributed by atoms with E-state index < -0.39 is 0 Å². The molecule has 0 aromatic rings. The normalized spacial score (nSPS) is 22.7. The lowest BCUT2D eigenvalue weighted by atomic mass is 10.1. The van der Waals surface area contributed by atoms with E-state index >= 15 is 0 Å². The third-order valence-corrected chi connectivity index (χ3v) is 4.83. The van der Waals surface area contributed by atoms with Crippen molar-refractivity contribution in [3.63, 3.8) is 0 Å². The van der Waals surface area contributed by atoms with Crippen molar-refractivity contribution in [1.82, 2.24) is 0 Å². The van der Waals surface area contributed by atoms with Crippen molar-refractivity contribution >= 4 is 11.8 Å². The minimum absolute atomic E-state index is 0.449. The smallest absolute Gasteiger partial charge is 0.00778 e. The first-order valence-corrected chi connectivity index (χ1v) is 8.14. The second-order valence-electron chi connectivity index (χ2n) is 6.26. The highest BCUT2D eigenvalue weighted by molar-refractivity contribution is 8.01. The first-order chi connectivity index (χ1) is 7.58. The number of rotatable bonds is 1. The van der Waals surface area contributed by atoms with Crippen LogP contribution in [0.4, 0.5) is 0 Å². The molecule has 1 saturated carbocycles. The Labute approximate surface area is 107 Å². The van der Waals surface area contributed by atoms with Gasteiger partial charge < -0.3 is 0 Å². The minimum atomic E-state index is 0.449. The summed E-state index contributed by atoms with van der Waals surface area (Å²) in [5, 5.41) is 0.929. The molecule has 1 rings (SSSR count). The van der Waals surface area contributed by atoms with Gasteiger partial charge in [-0.25, -0.2) is 0 Å². The second-order valence-corrected chi connectivity index (χ2v) is 8.39. The summed E-state index contributed by atoms with van der Waals surface area (Å²) in [6.45, 7) is 7.09. The van der Waals surface area contributed by atoms with Crippen molar-refractivity contribution in [3.05, 3.63) is 0 Å². The van der Waals surface area contributed by atoms with Gasteiger partial charge in [-0.05, 0) is 12.8 Å². The van der Waals surface area contributed by atoms with E-state index in [1.54, 1.807) is 0 Å². The van der Waals surface area contributed by atoms with Gasteiger partial charge in [0.05, 0.1) is 0 Å². The fraction of sp³-hybridized carbons (Fsp3) is 1.00. The first kappa shape index (κ1) is 14.4. The standard InChI is InChI=1S/C15H30S/c1-15(2,3)16-14-12-10-8-6-4-5-7-9-11-13-14/h14H,4-13H2,1-3H3. The molecule has 0 aromatic carbocycles. The summed E-state index contributed by atoms with van der Waals surface area (Å²) >= 11 is 2.22. The molecular weight excluding hydrogens is 212 g/mol. The Hall–Kier alpha value is 0.350. The van der Waals surface area contributed by atoms with Gasteiger partial charge in [0, 0.05) is 10.00 Å². The van der Waals surface area contributed by atoms with E-state index in [1.165, 1.54) is 64.2 Å². The van der Waals surface area contributed by atoms with Gasteiger partial charge >= 0.3 is 0 Å². The Morgan fingerprint density at radius 2 is 1.06 bits per heavy atom.